The first-order valence-corrected chi connectivity index (χ1v) is 6.69. The molecule has 1 saturated carbocycles. The second kappa shape index (κ2) is 4.82. The van der Waals surface area contributed by atoms with Crippen LogP contribution in [0.15, 0.2) is 24.3 Å². The largest absolute Gasteiger partial charge is 0.416 e. The molecular formula is C15H20F3N. The van der Waals surface area contributed by atoms with Crippen LogP contribution in [0.5, 0.6) is 0 Å². The number of hydrogen-bond acceptors (Lipinski definition) is 1. The third-order valence-electron chi connectivity index (χ3n) is 4.49. The summed E-state index contributed by atoms with van der Waals surface area (Å²) in [5.41, 5.74) is 6.14. The maximum absolute atomic E-state index is 12.5. The Morgan fingerprint density at radius 1 is 1.11 bits per heavy atom. The summed E-state index contributed by atoms with van der Waals surface area (Å²) >= 11 is 0. The van der Waals surface area contributed by atoms with Gasteiger partial charge in [-0.1, -0.05) is 26.0 Å². The Morgan fingerprint density at radius 2 is 1.68 bits per heavy atom. The van der Waals surface area contributed by atoms with Crippen molar-refractivity contribution in [2.75, 3.05) is 0 Å². The highest BCUT2D eigenvalue weighted by molar-refractivity contribution is 5.30. The van der Waals surface area contributed by atoms with Gasteiger partial charge >= 0.3 is 6.18 Å². The van der Waals surface area contributed by atoms with E-state index in [1.54, 1.807) is 0 Å². The molecule has 1 aliphatic carbocycles. The number of hydrogen-bond donors (Lipinski definition) is 1. The fraction of sp³-hybridized carbons (Fsp3) is 0.600. The van der Waals surface area contributed by atoms with Crippen LogP contribution in [0.1, 0.15) is 44.2 Å². The minimum atomic E-state index is -4.28. The van der Waals surface area contributed by atoms with Crippen LogP contribution in [-0.4, -0.2) is 0 Å². The quantitative estimate of drug-likeness (QED) is 0.809. The second-order valence-corrected chi connectivity index (χ2v) is 5.93. The Morgan fingerprint density at radius 3 is 2.16 bits per heavy atom. The summed E-state index contributed by atoms with van der Waals surface area (Å²) in [5.74, 6) is 1.13. The summed E-state index contributed by atoms with van der Waals surface area (Å²) in [7, 11) is 0. The van der Waals surface area contributed by atoms with Crippen LogP contribution in [0, 0.1) is 11.8 Å². The molecule has 3 unspecified atom stereocenters. The topological polar surface area (TPSA) is 26.0 Å². The van der Waals surface area contributed by atoms with E-state index in [0.29, 0.717) is 11.8 Å². The highest BCUT2D eigenvalue weighted by Gasteiger charge is 2.36. The van der Waals surface area contributed by atoms with Crippen molar-refractivity contribution in [2.45, 2.75) is 44.8 Å². The lowest BCUT2D eigenvalue weighted by molar-refractivity contribution is -0.137. The van der Waals surface area contributed by atoms with Crippen LogP contribution in [0.25, 0.3) is 0 Å². The van der Waals surface area contributed by atoms with Gasteiger partial charge in [0, 0.05) is 5.54 Å². The molecule has 0 aliphatic heterocycles. The highest BCUT2D eigenvalue weighted by Crippen LogP contribution is 2.41. The molecule has 0 amide bonds. The van der Waals surface area contributed by atoms with Crippen molar-refractivity contribution in [1.82, 2.24) is 0 Å². The Kier molecular flexibility index (Phi) is 3.65. The van der Waals surface area contributed by atoms with E-state index in [9.17, 15) is 13.2 Å². The maximum atomic E-state index is 12.5. The lowest BCUT2D eigenvalue weighted by Gasteiger charge is -2.40. The zero-order valence-electron chi connectivity index (χ0n) is 11.3. The Bertz CT molecular complexity index is 438. The SMILES string of the molecule is CC1CCC(N)(c2ccc(C(F)(F)F)cc2)CC1C. The van der Waals surface area contributed by atoms with Crippen LogP contribution < -0.4 is 5.73 Å². The molecule has 2 N–H and O–H groups in total. The molecule has 0 aromatic heterocycles. The van der Waals surface area contributed by atoms with Gasteiger partial charge in [-0.25, -0.2) is 0 Å². The van der Waals surface area contributed by atoms with Crippen molar-refractivity contribution in [1.29, 1.82) is 0 Å². The van der Waals surface area contributed by atoms with E-state index in [1.807, 2.05) is 0 Å². The van der Waals surface area contributed by atoms with Crippen molar-refractivity contribution in [2.24, 2.45) is 17.6 Å². The van der Waals surface area contributed by atoms with Gasteiger partial charge in [-0.2, -0.15) is 13.2 Å². The van der Waals surface area contributed by atoms with Gasteiger partial charge < -0.3 is 5.73 Å². The van der Waals surface area contributed by atoms with Gasteiger partial charge in [0.15, 0.2) is 0 Å². The fourth-order valence-corrected chi connectivity index (χ4v) is 2.90. The van der Waals surface area contributed by atoms with E-state index in [-0.39, 0.29) is 0 Å². The van der Waals surface area contributed by atoms with Crippen LogP contribution in [0.3, 0.4) is 0 Å². The standard InChI is InChI=1S/C15H20F3N/c1-10-7-8-14(19,9-11(10)2)12-3-5-13(6-4-12)15(16,17)18/h3-6,10-11H,7-9,19H2,1-2H3. The molecule has 0 bridgehead atoms. The molecular weight excluding hydrogens is 251 g/mol. The Hall–Kier alpha value is -1.03. The van der Waals surface area contributed by atoms with Crippen molar-refractivity contribution < 1.29 is 13.2 Å². The summed E-state index contributed by atoms with van der Waals surface area (Å²) in [5, 5.41) is 0. The average molecular weight is 271 g/mol. The van der Waals surface area contributed by atoms with Crippen molar-refractivity contribution in [3.63, 3.8) is 0 Å². The minimum absolute atomic E-state index is 0.476. The summed E-state index contributed by atoms with van der Waals surface area (Å²) < 4.78 is 37.6. The number of rotatable bonds is 1. The van der Waals surface area contributed by atoms with Gasteiger partial charge in [-0.15, -0.1) is 0 Å². The summed E-state index contributed by atoms with van der Waals surface area (Å²) in [6.45, 7) is 4.37. The van der Waals surface area contributed by atoms with Gasteiger partial charge in [0.05, 0.1) is 5.56 Å². The molecule has 0 spiro atoms. The third-order valence-corrected chi connectivity index (χ3v) is 4.49. The molecule has 0 heterocycles. The van der Waals surface area contributed by atoms with Crippen LogP contribution >= 0.6 is 0 Å². The number of halogens is 3. The van der Waals surface area contributed by atoms with Gasteiger partial charge in [-0.05, 0) is 48.8 Å². The molecule has 2 rings (SSSR count). The lowest BCUT2D eigenvalue weighted by atomic mass is 9.69. The number of alkyl halides is 3. The molecule has 1 fully saturated rings. The lowest BCUT2D eigenvalue weighted by Crippen LogP contribution is -2.43. The van der Waals surface area contributed by atoms with E-state index < -0.39 is 17.3 Å². The normalized spacial score (nSPS) is 32.3. The van der Waals surface area contributed by atoms with Gasteiger partial charge in [0.25, 0.3) is 0 Å². The maximum Gasteiger partial charge on any atom is 0.416 e. The first-order valence-electron chi connectivity index (χ1n) is 6.69. The molecule has 0 radical (unpaired) electrons. The molecule has 1 nitrogen and oxygen atoms in total. The predicted octanol–water partition coefficient (Wildman–Crippen LogP) is 4.32. The molecule has 106 valence electrons. The molecule has 1 aromatic carbocycles. The zero-order valence-corrected chi connectivity index (χ0v) is 11.3. The summed E-state index contributed by atoms with van der Waals surface area (Å²) in [4.78, 5) is 0. The summed E-state index contributed by atoms with van der Waals surface area (Å²) in [6, 6.07) is 5.33. The Balaban J connectivity index is 2.22. The summed E-state index contributed by atoms with van der Waals surface area (Å²) in [6.07, 6.45) is -1.59. The van der Waals surface area contributed by atoms with E-state index in [1.165, 1.54) is 12.1 Å². The van der Waals surface area contributed by atoms with Crippen molar-refractivity contribution in [3.8, 4) is 0 Å². The highest BCUT2D eigenvalue weighted by atomic mass is 19.4. The predicted molar refractivity (Wildman–Crippen MR) is 69.5 cm³/mol. The fourth-order valence-electron chi connectivity index (χ4n) is 2.90. The first-order chi connectivity index (χ1) is 8.72. The van der Waals surface area contributed by atoms with Gasteiger partial charge in [0.2, 0.25) is 0 Å². The minimum Gasteiger partial charge on any atom is -0.321 e. The van der Waals surface area contributed by atoms with Crippen molar-refractivity contribution >= 4 is 0 Å². The first kappa shape index (κ1) is 14.4. The van der Waals surface area contributed by atoms with E-state index in [0.717, 1.165) is 37.0 Å². The van der Waals surface area contributed by atoms with E-state index >= 15 is 0 Å². The molecule has 1 aromatic rings. The molecule has 3 atom stereocenters. The number of nitrogens with two attached hydrogens (primary N) is 1. The third kappa shape index (κ3) is 2.94. The zero-order chi connectivity index (χ0) is 14.3. The van der Waals surface area contributed by atoms with Gasteiger partial charge in [-0.3, -0.25) is 0 Å². The Labute approximate surface area is 112 Å². The van der Waals surface area contributed by atoms with Crippen LogP contribution in [-0.2, 0) is 11.7 Å². The number of benzene rings is 1. The average Bonchev–Trinajstić information content (AvgIpc) is 2.34. The van der Waals surface area contributed by atoms with Crippen LogP contribution in [0.4, 0.5) is 13.2 Å². The van der Waals surface area contributed by atoms with E-state index in [4.69, 9.17) is 5.73 Å². The monoisotopic (exact) mass is 271 g/mol. The molecule has 0 saturated heterocycles. The van der Waals surface area contributed by atoms with Gasteiger partial charge in [0.1, 0.15) is 0 Å². The smallest absolute Gasteiger partial charge is 0.321 e. The molecule has 19 heavy (non-hydrogen) atoms. The van der Waals surface area contributed by atoms with E-state index in [2.05, 4.69) is 13.8 Å². The van der Waals surface area contributed by atoms with Crippen LogP contribution in [0.2, 0.25) is 0 Å². The molecule has 4 heteroatoms. The second-order valence-electron chi connectivity index (χ2n) is 5.93. The van der Waals surface area contributed by atoms with Crippen molar-refractivity contribution in [3.05, 3.63) is 35.4 Å². The molecule has 1 aliphatic rings.